The van der Waals surface area contributed by atoms with Gasteiger partial charge in [-0.1, -0.05) is 26.2 Å². The molecular formula is C12H22N2O. The Kier molecular flexibility index (Phi) is 5.07. The summed E-state index contributed by atoms with van der Waals surface area (Å²) in [5.74, 6) is 0.508. The Labute approximate surface area is 92.8 Å². The van der Waals surface area contributed by atoms with Gasteiger partial charge < -0.3 is 4.74 Å². The minimum Gasteiger partial charge on any atom is -0.383 e. The van der Waals surface area contributed by atoms with Crippen LogP contribution in [0.15, 0.2) is 0 Å². The zero-order valence-electron chi connectivity index (χ0n) is 9.88. The molecule has 0 radical (unpaired) electrons. The van der Waals surface area contributed by atoms with Gasteiger partial charge in [-0.15, -0.1) is 0 Å². The van der Waals surface area contributed by atoms with E-state index in [4.69, 9.17) is 4.74 Å². The molecule has 2 unspecified atom stereocenters. The van der Waals surface area contributed by atoms with Crippen molar-refractivity contribution in [2.75, 3.05) is 20.3 Å². The standard InChI is InChI=1S/C12H22N2O/c1-3-11-6-4-5-7-12(11,10-13)14-8-9-15-2/h11,14H,3-9H2,1-2H3. The van der Waals surface area contributed by atoms with E-state index in [1.54, 1.807) is 7.11 Å². The number of nitriles is 1. The second kappa shape index (κ2) is 6.09. The lowest BCUT2D eigenvalue weighted by Gasteiger charge is -2.39. The zero-order chi connectivity index (χ0) is 11.1. The molecule has 3 heteroatoms. The maximum absolute atomic E-state index is 9.39. The number of rotatable bonds is 5. The zero-order valence-corrected chi connectivity index (χ0v) is 9.88. The van der Waals surface area contributed by atoms with Crippen LogP contribution in [0.2, 0.25) is 0 Å². The van der Waals surface area contributed by atoms with Crippen LogP contribution in [0.4, 0.5) is 0 Å². The van der Waals surface area contributed by atoms with Gasteiger partial charge in [0.15, 0.2) is 0 Å². The van der Waals surface area contributed by atoms with Crippen LogP contribution < -0.4 is 5.32 Å². The number of nitrogens with one attached hydrogen (secondary N) is 1. The summed E-state index contributed by atoms with van der Waals surface area (Å²) in [7, 11) is 1.69. The van der Waals surface area contributed by atoms with Gasteiger partial charge in [-0.2, -0.15) is 5.26 Å². The highest BCUT2D eigenvalue weighted by Gasteiger charge is 2.39. The molecule has 0 aromatic carbocycles. The highest BCUT2D eigenvalue weighted by molar-refractivity contribution is 5.12. The van der Waals surface area contributed by atoms with Crippen molar-refractivity contribution < 1.29 is 4.74 Å². The van der Waals surface area contributed by atoms with Crippen LogP contribution >= 0.6 is 0 Å². The molecule has 0 heterocycles. The van der Waals surface area contributed by atoms with Crippen molar-refractivity contribution in [2.24, 2.45) is 5.92 Å². The molecule has 0 amide bonds. The van der Waals surface area contributed by atoms with E-state index in [-0.39, 0.29) is 5.54 Å². The van der Waals surface area contributed by atoms with Crippen molar-refractivity contribution >= 4 is 0 Å². The first-order valence-corrected chi connectivity index (χ1v) is 5.94. The first-order valence-electron chi connectivity index (χ1n) is 5.94. The monoisotopic (exact) mass is 210 g/mol. The van der Waals surface area contributed by atoms with E-state index in [0.717, 1.165) is 19.4 Å². The van der Waals surface area contributed by atoms with E-state index in [2.05, 4.69) is 18.3 Å². The fraction of sp³-hybridized carbons (Fsp3) is 0.917. The lowest BCUT2D eigenvalue weighted by Crippen LogP contribution is -2.52. The molecular weight excluding hydrogens is 188 g/mol. The topological polar surface area (TPSA) is 45.0 Å². The Morgan fingerprint density at radius 1 is 1.53 bits per heavy atom. The minimum atomic E-state index is -0.286. The molecule has 86 valence electrons. The summed E-state index contributed by atoms with van der Waals surface area (Å²) in [6.07, 6.45) is 5.71. The highest BCUT2D eigenvalue weighted by atomic mass is 16.5. The number of hydrogen-bond donors (Lipinski definition) is 1. The van der Waals surface area contributed by atoms with Crippen molar-refractivity contribution in [2.45, 2.75) is 44.6 Å². The molecule has 15 heavy (non-hydrogen) atoms. The molecule has 2 atom stereocenters. The smallest absolute Gasteiger partial charge is 0.109 e. The third-order valence-electron chi connectivity index (χ3n) is 3.51. The van der Waals surface area contributed by atoms with E-state index in [1.807, 2.05) is 0 Å². The van der Waals surface area contributed by atoms with Crippen LogP contribution in [0.25, 0.3) is 0 Å². The predicted molar refractivity (Wildman–Crippen MR) is 60.5 cm³/mol. The van der Waals surface area contributed by atoms with Crippen LogP contribution in [0.3, 0.4) is 0 Å². The molecule has 0 aliphatic heterocycles. The number of ether oxygens (including phenoxy) is 1. The molecule has 0 aromatic heterocycles. The van der Waals surface area contributed by atoms with Crippen LogP contribution in [-0.2, 0) is 4.74 Å². The molecule has 1 aliphatic carbocycles. The molecule has 0 spiro atoms. The van der Waals surface area contributed by atoms with E-state index >= 15 is 0 Å². The average Bonchev–Trinajstić information content (AvgIpc) is 2.30. The number of hydrogen-bond acceptors (Lipinski definition) is 3. The quantitative estimate of drug-likeness (QED) is 0.707. The van der Waals surface area contributed by atoms with Crippen LogP contribution in [0, 0.1) is 17.2 Å². The van der Waals surface area contributed by atoms with Gasteiger partial charge >= 0.3 is 0 Å². The highest BCUT2D eigenvalue weighted by Crippen LogP contribution is 2.35. The molecule has 3 nitrogen and oxygen atoms in total. The first-order chi connectivity index (χ1) is 7.29. The van der Waals surface area contributed by atoms with Crippen LogP contribution in [-0.4, -0.2) is 25.8 Å². The normalized spacial score (nSPS) is 31.1. The maximum atomic E-state index is 9.39. The Bertz CT molecular complexity index is 224. The Morgan fingerprint density at radius 3 is 2.93 bits per heavy atom. The lowest BCUT2D eigenvalue weighted by molar-refractivity contribution is 0.154. The van der Waals surface area contributed by atoms with Crippen LogP contribution in [0.5, 0.6) is 0 Å². The fourth-order valence-electron chi connectivity index (χ4n) is 2.59. The van der Waals surface area contributed by atoms with E-state index < -0.39 is 0 Å². The molecule has 0 aromatic rings. The van der Waals surface area contributed by atoms with Gasteiger partial charge in [0.25, 0.3) is 0 Å². The number of methoxy groups -OCH3 is 1. The molecule has 1 N–H and O–H groups in total. The fourth-order valence-corrected chi connectivity index (χ4v) is 2.59. The summed E-state index contributed by atoms with van der Waals surface area (Å²) in [6.45, 7) is 3.64. The summed E-state index contributed by atoms with van der Waals surface area (Å²) < 4.78 is 5.02. The van der Waals surface area contributed by atoms with Gasteiger partial charge in [0.2, 0.25) is 0 Å². The van der Waals surface area contributed by atoms with Crippen molar-refractivity contribution in [3.63, 3.8) is 0 Å². The summed E-state index contributed by atoms with van der Waals surface area (Å²) in [6, 6.07) is 2.51. The second-order valence-corrected chi connectivity index (χ2v) is 4.35. The van der Waals surface area contributed by atoms with E-state index in [9.17, 15) is 5.26 Å². The summed E-state index contributed by atoms with van der Waals surface area (Å²) >= 11 is 0. The van der Waals surface area contributed by atoms with E-state index in [0.29, 0.717) is 12.5 Å². The van der Waals surface area contributed by atoms with Gasteiger partial charge in [-0.05, 0) is 18.8 Å². The third-order valence-corrected chi connectivity index (χ3v) is 3.51. The second-order valence-electron chi connectivity index (χ2n) is 4.35. The largest absolute Gasteiger partial charge is 0.383 e. The predicted octanol–water partition coefficient (Wildman–Crippen LogP) is 2.08. The SMILES string of the molecule is CCC1CCCCC1(C#N)NCCOC. The van der Waals surface area contributed by atoms with Gasteiger partial charge in [0, 0.05) is 13.7 Å². The van der Waals surface area contributed by atoms with Crippen molar-refractivity contribution in [1.29, 1.82) is 5.26 Å². The van der Waals surface area contributed by atoms with Gasteiger partial charge in [-0.3, -0.25) is 5.32 Å². The van der Waals surface area contributed by atoms with E-state index in [1.165, 1.54) is 19.3 Å². The molecule has 0 bridgehead atoms. The third kappa shape index (κ3) is 2.93. The van der Waals surface area contributed by atoms with Gasteiger partial charge in [0.1, 0.15) is 5.54 Å². The van der Waals surface area contributed by atoms with Crippen molar-refractivity contribution in [1.82, 2.24) is 5.32 Å². The number of nitrogens with zero attached hydrogens (tertiary/aromatic N) is 1. The molecule has 1 rings (SSSR count). The van der Waals surface area contributed by atoms with Crippen LogP contribution in [0.1, 0.15) is 39.0 Å². The van der Waals surface area contributed by atoms with Gasteiger partial charge in [0.05, 0.1) is 12.7 Å². The van der Waals surface area contributed by atoms with Gasteiger partial charge in [-0.25, -0.2) is 0 Å². The molecule has 0 saturated heterocycles. The Hall–Kier alpha value is -0.590. The first kappa shape index (κ1) is 12.5. The molecule has 1 saturated carbocycles. The summed E-state index contributed by atoms with van der Waals surface area (Å²) in [4.78, 5) is 0. The summed E-state index contributed by atoms with van der Waals surface area (Å²) in [5, 5.41) is 12.8. The lowest BCUT2D eigenvalue weighted by atomic mass is 9.72. The maximum Gasteiger partial charge on any atom is 0.109 e. The average molecular weight is 210 g/mol. The minimum absolute atomic E-state index is 0.286. The Morgan fingerprint density at radius 2 is 2.33 bits per heavy atom. The summed E-state index contributed by atoms with van der Waals surface area (Å²) in [5.41, 5.74) is -0.286. The molecule has 1 fully saturated rings. The Balaban J connectivity index is 2.58. The molecule has 1 aliphatic rings. The van der Waals surface area contributed by atoms with Crippen molar-refractivity contribution in [3.05, 3.63) is 0 Å². The van der Waals surface area contributed by atoms with Crippen molar-refractivity contribution in [3.8, 4) is 6.07 Å².